The van der Waals surface area contributed by atoms with Gasteiger partial charge in [0.2, 0.25) is 0 Å². The number of nitrogens with one attached hydrogen (secondary N) is 1. The maximum atomic E-state index is 3.68. The van der Waals surface area contributed by atoms with Gasteiger partial charge in [-0.25, -0.2) is 0 Å². The zero-order valence-corrected chi connectivity index (χ0v) is 9.82. The van der Waals surface area contributed by atoms with Crippen molar-refractivity contribution in [3.05, 3.63) is 0 Å². The van der Waals surface area contributed by atoms with Crippen LogP contribution in [0.4, 0.5) is 0 Å². The standard InChI is InChI=1S/C11H22N2S/c1-2-4-11(12-5-3-1)10-13-6-8-14-9-7-13/h11-12H,1-10H2. The molecular formula is C11H22N2S. The van der Waals surface area contributed by atoms with Gasteiger partial charge in [0.1, 0.15) is 0 Å². The zero-order valence-electron chi connectivity index (χ0n) is 9.00. The van der Waals surface area contributed by atoms with E-state index in [9.17, 15) is 0 Å². The Labute approximate surface area is 91.8 Å². The normalized spacial score (nSPS) is 31.3. The van der Waals surface area contributed by atoms with Gasteiger partial charge in [0.15, 0.2) is 0 Å². The fourth-order valence-corrected chi connectivity index (χ4v) is 3.33. The summed E-state index contributed by atoms with van der Waals surface area (Å²) in [5.74, 6) is 2.68. The largest absolute Gasteiger partial charge is 0.313 e. The van der Waals surface area contributed by atoms with Crippen molar-refractivity contribution in [3.63, 3.8) is 0 Å². The van der Waals surface area contributed by atoms with Crippen LogP contribution in [0.15, 0.2) is 0 Å². The molecule has 0 aliphatic carbocycles. The van der Waals surface area contributed by atoms with Crippen LogP contribution in [-0.2, 0) is 0 Å². The first-order valence-electron chi connectivity index (χ1n) is 5.98. The molecule has 1 atom stereocenters. The van der Waals surface area contributed by atoms with Crippen LogP contribution in [0.2, 0.25) is 0 Å². The van der Waals surface area contributed by atoms with Crippen LogP contribution < -0.4 is 5.32 Å². The molecule has 0 amide bonds. The average molecular weight is 214 g/mol. The van der Waals surface area contributed by atoms with Gasteiger partial charge in [-0.1, -0.05) is 12.8 Å². The van der Waals surface area contributed by atoms with Crippen LogP contribution in [0.1, 0.15) is 25.7 Å². The summed E-state index contributed by atoms with van der Waals surface area (Å²) in [4.78, 5) is 2.64. The molecule has 2 aliphatic heterocycles. The molecule has 2 fully saturated rings. The summed E-state index contributed by atoms with van der Waals surface area (Å²) >= 11 is 2.10. The Morgan fingerprint density at radius 2 is 2.00 bits per heavy atom. The van der Waals surface area contributed by atoms with Gasteiger partial charge < -0.3 is 10.2 Å². The van der Waals surface area contributed by atoms with E-state index in [1.807, 2.05) is 0 Å². The molecule has 0 bridgehead atoms. The summed E-state index contributed by atoms with van der Waals surface area (Å²) in [6.45, 7) is 5.15. The van der Waals surface area contributed by atoms with E-state index in [4.69, 9.17) is 0 Å². The van der Waals surface area contributed by atoms with Crippen LogP contribution in [0.25, 0.3) is 0 Å². The molecule has 0 spiro atoms. The Balaban J connectivity index is 1.71. The van der Waals surface area contributed by atoms with Crippen LogP contribution in [0.5, 0.6) is 0 Å². The summed E-state index contributed by atoms with van der Waals surface area (Å²) in [6.07, 6.45) is 5.63. The third-order valence-corrected chi connectivity index (χ3v) is 4.19. The van der Waals surface area contributed by atoms with Crippen molar-refractivity contribution in [3.8, 4) is 0 Å². The summed E-state index contributed by atoms with van der Waals surface area (Å²) in [5.41, 5.74) is 0. The summed E-state index contributed by atoms with van der Waals surface area (Å²) in [7, 11) is 0. The van der Waals surface area contributed by atoms with Gasteiger partial charge in [-0.05, 0) is 19.4 Å². The minimum Gasteiger partial charge on any atom is -0.313 e. The van der Waals surface area contributed by atoms with Gasteiger partial charge in [0.25, 0.3) is 0 Å². The van der Waals surface area contributed by atoms with E-state index in [0.29, 0.717) is 0 Å². The Morgan fingerprint density at radius 1 is 1.14 bits per heavy atom. The van der Waals surface area contributed by atoms with Crippen LogP contribution in [0.3, 0.4) is 0 Å². The molecule has 3 heteroatoms. The molecule has 2 aliphatic rings. The zero-order chi connectivity index (χ0) is 9.64. The van der Waals surface area contributed by atoms with E-state index in [1.165, 1.54) is 63.4 Å². The lowest BCUT2D eigenvalue weighted by atomic mass is 10.1. The molecule has 0 radical (unpaired) electrons. The molecule has 1 N–H and O–H groups in total. The van der Waals surface area contributed by atoms with Crippen LogP contribution >= 0.6 is 11.8 Å². The number of rotatable bonds is 2. The van der Waals surface area contributed by atoms with Crippen molar-refractivity contribution < 1.29 is 0 Å². The smallest absolute Gasteiger partial charge is 0.0195 e. The summed E-state index contributed by atoms with van der Waals surface area (Å²) < 4.78 is 0. The minimum absolute atomic E-state index is 0.778. The monoisotopic (exact) mass is 214 g/mol. The second-order valence-electron chi connectivity index (χ2n) is 4.41. The second kappa shape index (κ2) is 5.99. The first-order chi connectivity index (χ1) is 6.95. The van der Waals surface area contributed by atoms with Gasteiger partial charge in [0.05, 0.1) is 0 Å². The summed E-state index contributed by atoms with van der Waals surface area (Å²) in [5, 5.41) is 3.68. The summed E-state index contributed by atoms with van der Waals surface area (Å²) in [6, 6.07) is 0.778. The number of nitrogens with zero attached hydrogens (tertiary/aromatic N) is 1. The third kappa shape index (κ3) is 3.44. The molecule has 0 aromatic rings. The molecule has 1 unspecified atom stereocenters. The average Bonchev–Trinajstić information content (AvgIpc) is 2.48. The number of hydrogen-bond donors (Lipinski definition) is 1. The quantitative estimate of drug-likeness (QED) is 0.751. The number of hydrogen-bond acceptors (Lipinski definition) is 3. The van der Waals surface area contributed by atoms with Crippen molar-refractivity contribution in [2.24, 2.45) is 0 Å². The van der Waals surface area contributed by atoms with Crippen molar-refractivity contribution >= 4 is 11.8 Å². The van der Waals surface area contributed by atoms with Gasteiger partial charge in [0, 0.05) is 37.2 Å². The maximum Gasteiger partial charge on any atom is 0.0195 e. The predicted octanol–water partition coefficient (Wildman–Crippen LogP) is 1.57. The van der Waals surface area contributed by atoms with E-state index in [-0.39, 0.29) is 0 Å². The fraction of sp³-hybridized carbons (Fsp3) is 1.00. The molecule has 2 heterocycles. The van der Waals surface area contributed by atoms with E-state index >= 15 is 0 Å². The van der Waals surface area contributed by atoms with Crippen molar-refractivity contribution in [1.82, 2.24) is 10.2 Å². The van der Waals surface area contributed by atoms with Gasteiger partial charge in [-0.3, -0.25) is 0 Å². The second-order valence-corrected chi connectivity index (χ2v) is 5.64. The molecular weight excluding hydrogens is 192 g/mol. The van der Waals surface area contributed by atoms with E-state index < -0.39 is 0 Å². The lowest BCUT2D eigenvalue weighted by molar-refractivity contribution is 0.260. The van der Waals surface area contributed by atoms with Crippen molar-refractivity contribution in [2.45, 2.75) is 31.7 Å². The van der Waals surface area contributed by atoms with E-state index in [2.05, 4.69) is 22.0 Å². The molecule has 82 valence electrons. The minimum atomic E-state index is 0.778. The fourth-order valence-electron chi connectivity index (χ4n) is 2.35. The highest BCUT2D eigenvalue weighted by Gasteiger charge is 2.17. The molecule has 0 aromatic carbocycles. The lowest BCUT2D eigenvalue weighted by Crippen LogP contribution is -2.43. The maximum absolute atomic E-state index is 3.68. The topological polar surface area (TPSA) is 15.3 Å². The highest BCUT2D eigenvalue weighted by Crippen LogP contribution is 2.13. The highest BCUT2D eigenvalue weighted by atomic mass is 32.2. The first-order valence-corrected chi connectivity index (χ1v) is 7.14. The van der Waals surface area contributed by atoms with Gasteiger partial charge in [-0.2, -0.15) is 11.8 Å². The van der Waals surface area contributed by atoms with Crippen LogP contribution in [-0.4, -0.2) is 48.6 Å². The predicted molar refractivity (Wildman–Crippen MR) is 64.0 cm³/mol. The van der Waals surface area contributed by atoms with E-state index in [1.54, 1.807) is 0 Å². The molecule has 2 nitrogen and oxygen atoms in total. The Bertz CT molecular complexity index is 149. The third-order valence-electron chi connectivity index (χ3n) is 3.24. The van der Waals surface area contributed by atoms with Crippen molar-refractivity contribution in [1.29, 1.82) is 0 Å². The molecule has 2 saturated heterocycles. The molecule has 14 heavy (non-hydrogen) atoms. The lowest BCUT2D eigenvalue weighted by Gasteiger charge is -2.30. The van der Waals surface area contributed by atoms with Crippen LogP contribution in [0, 0.1) is 0 Å². The van der Waals surface area contributed by atoms with Gasteiger partial charge >= 0.3 is 0 Å². The highest BCUT2D eigenvalue weighted by molar-refractivity contribution is 7.99. The Kier molecular flexibility index (Phi) is 4.61. The Morgan fingerprint density at radius 3 is 2.86 bits per heavy atom. The first kappa shape index (κ1) is 10.8. The molecule has 2 rings (SSSR count). The van der Waals surface area contributed by atoms with Crippen molar-refractivity contribution in [2.75, 3.05) is 37.7 Å². The molecule has 0 aromatic heterocycles. The Hall–Kier alpha value is 0.270. The number of thioether (sulfide) groups is 1. The van der Waals surface area contributed by atoms with E-state index in [0.717, 1.165) is 6.04 Å². The van der Waals surface area contributed by atoms with Gasteiger partial charge in [-0.15, -0.1) is 0 Å². The molecule has 0 saturated carbocycles. The SMILES string of the molecule is C1CCNC(CN2CCSCC2)CC1.